The summed E-state index contributed by atoms with van der Waals surface area (Å²) in [4.78, 5) is 13.6. The van der Waals surface area contributed by atoms with E-state index in [1.54, 1.807) is 0 Å². The second-order valence-corrected chi connectivity index (χ2v) is 6.38. The van der Waals surface area contributed by atoms with Gasteiger partial charge in [-0.05, 0) is 25.7 Å². The molecular formula is C11H22N2O3S. The van der Waals surface area contributed by atoms with Gasteiger partial charge in [0.05, 0.1) is 6.26 Å². The van der Waals surface area contributed by atoms with Gasteiger partial charge in [0, 0.05) is 25.6 Å². The molecule has 17 heavy (non-hydrogen) atoms. The third-order valence-corrected chi connectivity index (χ3v) is 3.82. The summed E-state index contributed by atoms with van der Waals surface area (Å²) >= 11 is 0. The molecule has 1 fully saturated rings. The number of amides is 1. The van der Waals surface area contributed by atoms with E-state index < -0.39 is 10.0 Å². The molecule has 0 bridgehead atoms. The van der Waals surface area contributed by atoms with Gasteiger partial charge in [0.25, 0.3) is 0 Å². The number of nitrogens with zero attached hydrogens (tertiary/aromatic N) is 1. The smallest absolute Gasteiger partial charge is 0.222 e. The van der Waals surface area contributed by atoms with Gasteiger partial charge >= 0.3 is 0 Å². The topological polar surface area (TPSA) is 66.5 Å². The van der Waals surface area contributed by atoms with Crippen molar-refractivity contribution < 1.29 is 13.2 Å². The first kappa shape index (κ1) is 14.4. The van der Waals surface area contributed by atoms with Crippen LogP contribution in [-0.4, -0.2) is 44.6 Å². The normalized spacial score (nSPS) is 21.5. The highest BCUT2D eigenvalue weighted by Crippen LogP contribution is 2.20. The first-order valence-electron chi connectivity index (χ1n) is 6.18. The van der Waals surface area contributed by atoms with Crippen molar-refractivity contribution in [2.45, 2.75) is 45.1 Å². The summed E-state index contributed by atoms with van der Waals surface area (Å²) in [7, 11) is -3.12. The van der Waals surface area contributed by atoms with Gasteiger partial charge in [0.15, 0.2) is 0 Å². The summed E-state index contributed by atoms with van der Waals surface area (Å²) in [6.07, 6.45) is 5.55. The Morgan fingerprint density at radius 2 is 2.12 bits per heavy atom. The van der Waals surface area contributed by atoms with Crippen LogP contribution >= 0.6 is 0 Å². The second kappa shape index (κ2) is 6.35. The van der Waals surface area contributed by atoms with Crippen LogP contribution in [0.4, 0.5) is 0 Å². The van der Waals surface area contributed by atoms with E-state index in [4.69, 9.17) is 0 Å². The van der Waals surface area contributed by atoms with E-state index in [2.05, 4.69) is 4.72 Å². The molecule has 5 nitrogen and oxygen atoms in total. The molecule has 0 radical (unpaired) electrons. The third-order valence-electron chi connectivity index (χ3n) is 3.09. The van der Waals surface area contributed by atoms with Gasteiger partial charge in [-0.1, -0.05) is 6.92 Å². The molecule has 1 saturated heterocycles. The van der Waals surface area contributed by atoms with Crippen LogP contribution in [0.5, 0.6) is 0 Å². The Bertz CT molecular complexity index is 354. The summed E-state index contributed by atoms with van der Waals surface area (Å²) < 4.78 is 24.4. The van der Waals surface area contributed by atoms with E-state index >= 15 is 0 Å². The van der Waals surface area contributed by atoms with Crippen LogP contribution < -0.4 is 4.72 Å². The fraction of sp³-hybridized carbons (Fsp3) is 0.909. The van der Waals surface area contributed by atoms with Crippen molar-refractivity contribution >= 4 is 15.9 Å². The minimum absolute atomic E-state index is 0.175. The second-order valence-electron chi connectivity index (χ2n) is 4.55. The number of hydrogen-bond acceptors (Lipinski definition) is 3. The van der Waals surface area contributed by atoms with Gasteiger partial charge in [-0.3, -0.25) is 4.79 Å². The predicted molar refractivity (Wildman–Crippen MR) is 67.1 cm³/mol. The average molecular weight is 262 g/mol. The molecule has 1 aliphatic heterocycles. The Morgan fingerprint density at radius 3 is 2.71 bits per heavy atom. The van der Waals surface area contributed by atoms with Crippen molar-refractivity contribution in [3.05, 3.63) is 0 Å². The van der Waals surface area contributed by atoms with Crippen molar-refractivity contribution in [1.82, 2.24) is 9.62 Å². The predicted octanol–water partition coefficient (Wildman–Crippen LogP) is 0.717. The summed E-state index contributed by atoms with van der Waals surface area (Å²) in [6.45, 7) is 3.09. The molecule has 0 spiro atoms. The lowest BCUT2D eigenvalue weighted by molar-refractivity contribution is -0.134. The molecule has 1 unspecified atom stereocenters. The Morgan fingerprint density at radius 1 is 1.41 bits per heavy atom. The molecule has 1 aliphatic rings. The average Bonchev–Trinajstić information content (AvgIpc) is 2.27. The van der Waals surface area contributed by atoms with E-state index in [-0.39, 0.29) is 11.9 Å². The van der Waals surface area contributed by atoms with Crippen LogP contribution in [-0.2, 0) is 14.8 Å². The van der Waals surface area contributed by atoms with Crippen LogP contribution in [0.25, 0.3) is 0 Å². The molecular weight excluding hydrogens is 240 g/mol. The fourth-order valence-electron chi connectivity index (χ4n) is 2.24. The quantitative estimate of drug-likeness (QED) is 0.794. The monoisotopic (exact) mass is 262 g/mol. The van der Waals surface area contributed by atoms with E-state index in [9.17, 15) is 13.2 Å². The van der Waals surface area contributed by atoms with Crippen molar-refractivity contribution in [2.24, 2.45) is 0 Å². The van der Waals surface area contributed by atoms with Gasteiger partial charge in [0.1, 0.15) is 0 Å². The molecule has 0 saturated carbocycles. The van der Waals surface area contributed by atoms with Gasteiger partial charge < -0.3 is 4.90 Å². The van der Waals surface area contributed by atoms with Crippen LogP contribution in [0.2, 0.25) is 0 Å². The van der Waals surface area contributed by atoms with Crippen LogP contribution in [0.1, 0.15) is 39.0 Å². The number of carbonyl (C=O) groups excluding carboxylic acids is 1. The molecule has 100 valence electrons. The van der Waals surface area contributed by atoms with E-state index in [0.29, 0.717) is 19.4 Å². The zero-order valence-corrected chi connectivity index (χ0v) is 11.4. The number of rotatable bonds is 5. The molecule has 0 aromatic carbocycles. The zero-order chi connectivity index (χ0) is 12.9. The van der Waals surface area contributed by atoms with Crippen molar-refractivity contribution in [3.8, 4) is 0 Å². The zero-order valence-electron chi connectivity index (χ0n) is 10.6. The van der Waals surface area contributed by atoms with Gasteiger partial charge in [-0.2, -0.15) is 0 Å². The Kier molecular flexibility index (Phi) is 5.39. The molecule has 1 rings (SSSR count). The van der Waals surface area contributed by atoms with Crippen molar-refractivity contribution in [1.29, 1.82) is 0 Å². The number of hydrogen-bond donors (Lipinski definition) is 1. The lowest BCUT2D eigenvalue weighted by Crippen LogP contribution is -2.44. The van der Waals surface area contributed by atoms with E-state index in [1.807, 2.05) is 11.8 Å². The molecule has 1 N–H and O–H groups in total. The fourth-order valence-corrected chi connectivity index (χ4v) is 2.73. The molecule has 1 heterocycles. The third kappa shape index (κ3) is 5.04. The van der Waals surface area contributed by atoms with Crippen LogP contribution in [0.15, 0.2) is 0 Å². The van der Waals surface area contributed by atoms with E-state index in [1.165, 1.54) is 0 Å². The van der Waals surface area contributed by atoms with Crippen molar-refractivity contribution in [3.63, 3.8) is 0 Å². The summed E-state index contributed by atoms with van der Waals surface area (Å²) in [6, 6.07) is 0.199. The number of sulfonamides is 1. The molecule has 0 aromatic rings. The summed E-state index contributed by atoms with van der Waals surface area (Å²) in [5.74, 6) is 0.175. The standard InChI is InChI=1S/C11H22N2O3S/c1-3-11(14)13-9-5-4-6-10(13)7-8-12-17(2,15)16/h10,12H,3-9H2,1-2H3. The van der Waals surface area contributed by atoms with Crippen LogP contribution in [0, 0.1) is 0 Å². The summed E-state index contributed by atoms with van der Waals surface area (Å²) in [5.41, 5.74) is 0. The highest BCUT2D eigenvalue weighted by molar-refractivity contribution is 7.88. The largest absolute Gasteiger partial charge is 0.340 e. The minimum Gasteiger partial charge on any atom is -0.340 e. The highest BCUT2D eigenvalue weighted by Gasteiger charge is 2.25. The number of carbonyl (C=O) groups is 1. The van der Waals surface area contributed by atoms with E-state index in [0.717, 1.165) is 32.1 Å². The summed E-state index contributed by atoms with van der Waals surface area (Å²) in [5, 5.41) is 0. The molecule has 1 atom stereocenters. The van der Waals surface area contributed by atoms with Gasteiger partial charge in [-0.15, -0.1) is 0 Å². The molecule has 1 amide bonds. The number of piperidine rings is 1. The van der Waals surface area contributed by atoms with Gasteiger partial charge in [-0.25, -0.2) is 13.1 Å². The maximum Gasteiger partial charge on any atom is 0.222 e. The minimum atomic E-state index is -3.12. The Balaban J connectivity index is 2.46. The Labute approximate surface area is 104 Å². The Hall–Kier alpha value is -0.620. The maximum absolute atomic E-state index is 11.7. The molecule has 0 aliphatic carbocycles. The van der Waals surface area contributed by atoms with Crippen molar-refractivity contribution in [2.75, 3.05) is 19.3 Å². The highest BCUT2D eigenvalue weighted by atomic mass is 32.2. The molecule has 6 heteroatoms. The number of likely N-dealkylation sites (tertiary alicyclic amines) is 1. The lowest BCUT2D eigenvalue weighted by Gasteiger charge is -2.35. The maximum atomic E-state index is 11.7. The molecule has 0 aromatic heterocycles. The number of nitrogens with one attached hydrogen (secondary N) is 1. The van der Waals surface area contributed by atoms with Gasteiger partial charge in [0.2, 0.25) is 15.9 Å². The first-order chi connectivity index (χ1) is 7.94. The lowest BCUT2D eigenvalue weighted by atomic mass is 9.99. The first-order valence-corrected chi connectivity index (χ1v) is 8.07. The van der Waals surface area contributed by atoms with Crippen LogP contribution in [0.3, 0.4) is 0 Å². The SMILES string of the molecule is CCC(=O)N1CCCCC1CCNS(C)(=O)=O.